The normalized spacial score (nSPS) is 26.6. The summed E-state index contributed by atoms with van der Waals surface area (Å²) in [6.45, 7) is 2.26. The zero-order chi connectivity index (χ0) is 23.8. The van der Waals surface area contributed by atoms with Crippen LogP contribution in [0, 0.1) is 29.4 Å². The smallest absolute Gasteiger partial charge is 0.399 e. The van der Waals surface area contributed by atoms with Gasteiger partial charge in [-0.05, 0) is 79.9 Å². The molecule has 3 rings (SSSR count). The van der Waals surface area contributed by atoms with Crippen molar-refractivity contribution in [3.63, 3.8) is 0 Å². The first-order valence-corrected chi connectivity index (χ1v) is 12.7. The van der Waals surface area contributed by atoms with E-state index in [1.54, 1.807) is 0 Å². The summed E-state index contributed by atoms with van der Waals surface area (Å²) in [5.41, 5.74) is 0.413. The second kappa shape index (κ2) is 12.2. The topological polar surface area (TPSA) is 9.23 Å². The monoisotopic (exact) mass is 472 g/mol. The van der Waals surface area contributed by atoms with Crippen LogP contribution in [0.1, 0.15) is 102 Å². The molecule has 33 heavy (non-hydrogen) atoms. The van der Waals surface area contributed by atoms with Crippen LogP contribution in [-0.4, -0.2) is 6.36 Å². The minimum atomic E-state index is -5.12. The van der Waals surface area contributed by atoms with E-state index in [-0.39, 0.29) is 5.92 Å². The molecule has 1 aromatic rings. The van der Waals surface area contributed by atoms with Crippen molar-refractivity contribution in [2.45, 2.75) is 103 Å². The number of allylic oxidation sites excluding steroid dienone is 2. The molecule has 0 atom stereocenters. The maximum Gasteiger partial charge on any atom is 0.573 e. The summed E-state index contributed by atoms with van der Waals surface area (Å²) < 4.78 is 68.5. The van der Waals surface area contributed by atoms with Gasteiger partial charge in [-0.2, -0.15) is 0 Å². The van der Waals surface area contributed by atoms with E-state index in [1.165, 1.54) is 51.4 Å². The maximum absolute atomic E-state index is 14.0. The van der Waals surface area contributed by atoms with Gasteiger partial charge in [0.05, 0.1) is 0 Å². The van der Waals surface area contributed by atoms with Crippen LogP contribution in [0.3, 0.4) is 0 Å². The van der Waals surface area contributed by atoms with E-state index in [2.05, 4.69) is 23.8 Å². The molecule has 0 radical (unpaired) electrons. The molecule has 6 heteroatoms. The highest BCUT2D eigenvalue weighted by atomic mass is 19.4. The predicted octanol–water partition coefficient (Wildman–Crippen LogP) is 9.47. The second-order valence-corrected chi connectivity index (χ2v) is 10.0. The van der Waals surface area contributed by atoms with Crippen molar-refractivity contribution in [3.8, 4) is 5.75 Å². The fourth-order valence-corrected chi connectivity index (χ4v) is 5.60. The minimum absolute atomic E-state index is 0.0403. The van der Waals surface area contributed by atoms with Gasteiger partial charge in [0.2, 0.25) is 5.75 Å². The van der Waals surface area contributed by atoms with Crippen LogP contribution in [0.4, 0.5) is 22.0 Å². The number of hydrogen-bond donors (Lipinski definition) is 0. The first-order valence-electron chi connectivity index (χ1n) is 12.7. The maximum atomic E-state index is 14.0. The molecule has 0 N–H and O–H groups in total. The molecule has 0 aliphatic heterocycles. The summed E-state index contributed by atoms with van der Waals surface area (Å²) in [6.07, 6.45) is 14.8. The SMILES string of the molecule is CCCCC1CCC(CC/C=C/C2CCC(c3cc(F)c(OC(F)(F)F)c(F)c3)CC2)CC1. The lowest BCUT2D eigenvalue weighted by atomic mass is 9.77. The van der Waals surface area contributed by atoms with Gasteiger partial charge in [-0.3, -0.25) is 0 Å². The molecule has 0 aromatic heterocycles. The zero-order valence-electron chi connectivity index (χ0n) is 19.6. The molecule has 0 spiro atoms. The Hall–Kier alpha value is -1.59. The molecule has 0 saturated heterocycles. The number of benzene rings is 1. The second-order valence-electron chi connectivity index (χ2n) is 10.0. The molecule has 0 bridgehead atoms. The fourth-order valence-electron chi connectivity index (χ4n) is 5.60. The summed E-state index contributed by atoms with van der Waals surface area (Å²) >= 11 is 0. The molecule has 2 aliphatic carbocycles. The summed E-state index contributed by atoms with van der Waals surface area (Å²) in [4.78, 5) is 0. The molecule has 186 valence electrons. The predicted molar refractivity (Wildman–Crippen MR) is 121 cm³/mol. The van der Waals surface area contributed by atoms with E-state index in [1.807, 2.05) is 0 Å². The highest BCUT2D eigenvalue weighted by molar-refractivity contribution is 5.33. The zero-order valence-corrected chi connectivity index (χ0v) is 19.6. The third kappa shape index (κ3) is 8.29. The minimum Gasteiger partial charge on any atom is -0.399 e. The molecule has 1 nitrogen and oxygen atoms in total. The molecular weight excluding hydrogens is 435 g/mol. The van der Waals surface area contributed by atoms with E-state index in [0.29, 0.717) is 11.5 Å². The van der Waals surface area contributed by atoms with E-state index >= 15 is 0 Å². The summed E-state index contributed by atoms with van der Waals surface area (Å²) in [5.74, 6) is -1.75. The Morgan fingerprint density at radius 2 is 1.45 bits per heavy atom. The van der Waals surface area contributed by atoms with Crippen LogP contribution < -0.4 is 4.74 Å². The lowest BCUT2D eigenvalue weighted by Crippen LogP contribution is -2.19. The van der Waals surface area contributed by atoms with Gasteiger partial charge in [0, 0.05) is 0 Å². The van der Waals surface area contributed by atoms with Gasteiger partial charge in [0.1, 0.15) is 0 Å². The molecule has 2 aliphatic rings. The van der Waals surface area contributed by atoms with Crippen LogP contribution in [-0.2, 0) is 0 Å². The Bertz CT molecular complexity index is 733. The van der Waals surface area contributed by atoms with E-state index < -0.39 is 23.7 Å². The average molecular weight is 473 g/mol. The lowest BCUT2D eigenvalue weighted by molar-refractivity contribution is -0.276. The first-order chi connectivity index (χ1) is 15.7. The Morgan fingerprint density at radius 1 is 0.879 bits per heavy atom. The third-order valence-electron chi connectivity index (χ3n) is 7.56. The Labute approximate surface area is 194 Å². The van der Waals surface area contributed by atoms with Crippen molar-refractivity contribution in [2.75, 3.05) is 0 Å². The van der Waals surface area contributed by atoms with Crippen molar-refractivity contribution < 1.29 is 26.7 Å². The number of rotatable bonds is 9. The summed E-state index contributed by atoms with van der Waals surface area (Å²) in [6, 6.07) is 1.98. The van der Waals surface area contributed by atoms with Gasteiger partial charge in [0.15, 0.2) is 11.6 Å². The largest absolute Gasteiger partial charge is 0.573 e. The van der Waals surface area contributed by atoms with Gasteiger partial charge in [0.25, 0.3) is 0 Å². The van der Waals surface area contributed by atoms with Crippen molar-refractivity contribution in [3.05, 3.63) is 41.5 Å². The van der Waals surface area contributed by atoms with Crippen LogP contribution in [0.15, 0.2) is 24.3 Å². The third-order valence-corrected chi connectivity index (χ3v) is 7.56. The molecule has 0 unspecified atom stereocenters. The first kappa shape index (κ1) is 26.0. The molecule has 1 aromatic carbocycles. The van der Waals surface area contributed by atoms with Crippen molar-refractivity contribution in [1.29, 1.82) is 0 Å². The summed E-state index contributed by atoms with van der Waals surface area (Å²) in [7, 11) is 0. The molecule has 0 amide bonds. The number of halogens is 5. The van der Waals surface area contributed by atoms with Gasteiger partial charge in [-0.15, -0.1) is 13.2 Å². The van der Waals surface area contributed by atoms with Crippen LogP contribution in [0.25, 0.3) is 0 Å². The van der Waals surface area contributed by atoms with E-state index in [0.717, 1.165) is 56.1 Å². The average Bonchev–Trinajstić information content (AvgIpc) is 2.78. The highest BCUT2D eigenvalue weighted by Crippen LogP contribution is 2.39. The summed E-state index contributed by atoms with van der Waals surface area (Å²) in [5, 5.41) is 0. The Morgan fingerprint density at radius 3 is 2.00 bits per heavy atom. The van der Waals surface area contributed by atoms with Crippen LogP contribution in [0.5, 0.6) is 5.75 Å². The van der Waals surface area contributed by atoms with Gasteiger partial charge >= 0.3 is 6.36 Å². The number of ether oxygens (including phenoxy) is 1. The van der Waals surface area contributed by atoms with E-state index in [9.17, 15) is 22.0 Å². The van der Waals surface area contributed by atoms with Crippen molar-refractivity contribution in [2.24, 2.45) is 17.8 Å². The van der Waals surface area contributed by atoms with Crippen molar-refractivity contribution in [1.82, 2.24) is 0 Å². The molecular formula is C27H37F5O. The van der Waals surface area contributed by atoms with Gasteiger partial charge in [-0.25, -0.2) is 8.78 Å². The van der Waals surface area contributed by atoms with Gasteiger partial charge in [-0.1, -0.05) is 64.0 Å². The number of hydrogen-bond acceptors (Lipinski definition) is 1. The molecule has 2 fully saturated rings. The van der Waals surface area contributed by atoms with Crippen LogP contribution in [0.2, 0.25) is 0 Å². The number of alkyl halides is 3. The molecule has 2 saturated carbocycles. The van der Waals surface area contributed by atoms with Crippen molar-refractivity contribution >= 4 is 0 Å². The Balaban J connectivity index is 1.39. The Kier molecular flexibility index (Phi) is 9.63. The standard InChI is InChI=1S/C27H37F5O/c1-2-3-6-19-9-11-20(12-10-19)7-4-5-8-21-13-15-22(16-14-21)23-17-24(28)26(25(29)18-23)33-27(30,31)32/h5,8,17-22H,2-4,6-7,9-16H2,1H3/b8-5+. The number of unbranched alkanes of at least 4 members (excludes halogenated alkanes) is 1. The fraction of sp³-hybridized carbons (Fsp3) is 0.704. The molecule has 0 heterocycles. The highest BCUT2D eigenvalue weighted by Gasteiger charge is 2.34. The van der Waals surface area contributed by atoms with Gasteiger partial charge < -0.3 is 4.74 Å². The quantitative estimate of drug-likeness (QED) is 0.257. The van der Waals surface area contributed by atoms with Crippen LogP contribution >= 0.6 is 0 Å². The lowest BCUT2D eigenvalue weighted by Gasteiger charge is -2.28. The van der Waals surface area contributed by atoms with E-state index in [4.69, 9.17) is 0 Å².